The van der Waals surface area contributed by atoms with Gasteiger partial charge in [-0.15, -0.1) is 0 Å². The van der Waals surface area contributed by atoms with E-state index in [4.69, 9.17) is 19.9 Å². The minimum atomic E-state index is -0.720. The Morgan fingerprint density at radius 2 is 2.16 bits per heavy atom. The molecule has 0 aromatic heterocycles. The molecule has 0 saturated heterocycles. The van der Waals surface area contributed by atoms with Gasteiger partial charge < -0.3 is 19.9 Å². The minimum absolute atomic E-state index is 0.434. The van der Waals surface area contributed by atoms with Gasteiger partial charge in [-0.3, -0.25) is 0 Å². The molecule has 19 heavy (non-hydrogen) atoms. The molecular weight excluding hydrogens is 250 g/mol. The number of hydrazone groups is 1. The fraction of sp³-hybridized carbons (Fsp3) is 0.333. The van der Waals surface area contributed by atoms with E-state index in [0.717, 1.165) is 5.56 Å². The summed E-state index contributed by atoms with van der Waals surface area (Å²) in [6, 6.07) is 4.54. The van der Waals surface area contributed by atoms with Gasteiger partial charge in [0.15, 0.2) is 11.5 Å². The molecule has 1 rings (SSSR count). The molecule has 0 aliphatic rings. The number of primary amides is 1. The molecule has 0 spiro atoms. The van der Waals surface area contributed by atoms with Crippen LogP contribution in [0.4, 0.5) is 4.79 Å². The molecule has 3 N–H and O–H groups in total. The lowest BCUT2D eigenvalue weighted by Crippen LogP contribution is -2.24. The number of nitrogens with two attached hydrogens (primary N) is 1. The summed E-state index contributed by atoms with van der Waals surface area (Å²) in [5, 5.41) is 3.66. The molecule has 0 bridgehead atoms. The molecule has 1 aromatic carbocycles. The van der Waals surface area contributed by atoms with Gasteiger partial charge in [-0.25, -0.2) is 10.2 Å². The third-order valence-corrected chi connectivity index (χ3v) is 2.12. The molecule has 7 heteroatoms. The molecule has 0 heterocycles. The highest BCUT2D eigenvalue weighted by atomic mass is 16.5. The summed E-state index contributed by atoms with van der Waals surface area (Å²) < 4.78 is 15.6. The summed E-state index contributed by atoms with van der Waals surface area (Å²) in [4.78, 5) is 10.5. The van der Waals surface area contributed by atoms with Crippen LogP contribution in [0.3, 0.4) is 0 Å². The van der Waals surface area contributed by atoms with E-state index in [9.17, 15) is 4.79 Å². The quantitative estimate of drug-likeness (QED) is 0.432. The van der Waals surface area contributed by atoms with Crippen molar-refractivity contribution in [2.24, 2.45) is 10.8 Å². The number of urea groups is 1. The van der Waals surface area contributed by atoms with Gasteiger partial charge in [-0.1, -0.05) is 0 Å². The molecule has 104 valence electrons. The highest BCUT2D eigenvalue weighted by Crippen LogP contribution is 2.27. The lowest BCUT2D eigenvalue weighted by Gasteiger charge is -2.10. The molecule has 0 saturated carbocycles. The number of nitrogens with one attached hydrogen (secondary N) is 1. The standard InChI is InChI=1S/C12H17N3O4/c1-17-5-6-19-10-4-3-9(7-11(10)18-2)8-14-15-12(13)16/h3-4,7-8H,5-6H2,1-2H3,(H3,13,15,16). The second kappa shape index (κ2) is 7.93. The Morgan fingerprint density at radius 1 is 1.37 bits per heavy atom. The molecule has 1 aromatic rings. The number of ether oxygens (including phenoxy) is 3. The Kier molecular flexibility index (Phi) is 6.17. The smallest absolute Gasteiger partial charge is 0.332 e. The summed E-state index contributed by atoms with van der Waals surface area (Å²) in [5.74, 6) is 1.18. The number of hydrogen-bond acceptors (Lipinski definition) is 5. The van der Waals surface area contributed by atoms with Crippen LogP contribution in [-0.2, 0) is 4.74 Å². The molecule has 0 unspecified atom stereocenters. The average Bonchev–Trinajstić information content (AvgIpc) is 2.39. The van der Waals surface area contributed by atoms with Gasteiger partial charge in [0.2, 0.25) is 0 Å². The first kappa shape index (κ1) is 14.8. The number of nitrogens with zero attached hydrogens (tertiary/aromatic N) is 1. The van der Waals surface area contributed by atoms with Gasteiger partial charge in [-0.05, 0) is 23.8 Å². The van der Waals surface area contributed by atoms with E-state index in [1.807, 2.05) is 0 Å². The van der Waals surface area contributed by atoms with Crippen LogP contribution in [0, 0.1) is 0 Å². The van der Waals surface area contributed by atoms with Crippen molar-refractivity contribution in [3.05, 3.63) is 23.8 Å². The fourth-order valence-electron chi connectivity index (χ4n) is 1.29. The molecule has 0 atom stereocenters. The summed E-state index contributed by atoms with van der Waals surface area (Å²) >= 11 is 0. The van der Waals surface area contributed by atoms with Gasteiger partial charge in [0.05, 0.1) is 19.9 Å². The first-order valence-electron chi connectivity index (χ1n) is 5.55. The number of rotatable bonds is 7. The van der Waals surface area contributed by atoms with Crippen LogP contribution in [0.1, 0.15) is 5.56 Å². The van der Waals surface area contributed by atoms with Gasteiger partial charge in [-0.2, -0.15) is 5.10 Å². The van der Waals surface area contributed by atoms with Gasteiger partial charge in [0, 0.05) is 7.11 Å². The summed E-state index contributed by atoms with van der Waals surface area (Å²) in [7, 11) is 3.15. The van der Waals surface area contributed by atoms with Crippen molar-refractivity contribution in [1.29, 1.82) is 0 Å². The van der Waals surface area contributed by atoms with Gasteiger partial charge in [0.25, 0.3) is 0 Å². The SMILES string of the molecule is COCCOc1ccc(C=NNC(N)=O)cc1OC. The number of methoxy groups -OCH3 is 2. The van der Waals surface area contributed by atoms with E-state index >= 15 is 0 Å². The maximum atomic E-state index is 10.5. The zero-order valence-electron chi connectivity index (χ0n) is 10.9. The van der Waals surface area contributed by atoms with Crippen LogP contribution in [0.5, 0.6) is 11.5 Å². The van der Waals surface area contributed by atoms with Crippen LogP contribution in [-0.4, -0.2) is 39.7 Å². The maximum Gasteiger partial charge on any atom is 0.332 e. The summed E-state index contributed by atoms with van der Waals surface area (Å²) in [6.07, 6.45) is 1.45. The first-order chi connectivity index (χ1) is 9.17. The Morgan fingerprint density at radius 3 is 2.79 bits per heavy atom. The van der Waals surface area contributed by atoms with E-state index in [2.05, 4.69) is 10.5 Å². The predicted octanol–water partition coefficient (Wildman–Crippen LogP) is 0.723. The summed E-state index contributed by atoms with van der Waals surface area (Å²) in [6.45, 7) is 0.929. The number of amides is 2. The topological polar surface area (TPSA) is 95.2 Å². The summed E-state index contributed by atoms with van der Waals surface area (Å²) in [5.41, 5.74) is 7.73. The third kappa shape index (κ3) is 5.26. The predicted molar refractivity (Wildman–Crippen MR) is 70.7 cm³/mol. The van der Waals surface area contributed by atoms with E-state index in [1.54, 1.807) is 32.4 Å². The number of carbonyl (C=O) groups is 1. The zero-order chi connectivity index (χ0) is 14.1. The molecule has 0 aliphatic carbocycles. The highest BCUT2D eigenvalue weighted by molar-refractivity contribution is 5.82. The maximum absolute atomic E-state index is 10.5. The molecule has 0 aliphatic heterocycles. The lowest BCUT2D eigenvalue weighted by atomic mass is 10.2. The first-order valence-corrected chi connectivity index (χ1v) is 5.55. The Labute approximate surface area is 111 Å². The van der Waals surface area contributed by atoms with Crippen LogP contribution in [0.15, 0.2) is 23.3 Å². The van der Waals surface area contributed by atoms with Gasteiger partial charge >= 0.3 is 6.03 Å². The van der Waals surface area contributed by atoms with E-state index in [0.29, 0.717) is 24.7 Å². The monoisotopic (exact) mass is 267 g/mol. The Bertz CT molecular complexity index is 449. The molecule has 0 fully saturated rings. The largest absolute Gasteiger partial charge is 0.493 e. The number of benzene rings is 1. The molecular formula is C12H17N3O4. The lowest BCUT2D eigenvalue weighted by molar-refractivity contribution is 0.144. The van der Waals surface area contributed by atoms with Gasteiger partial charge in [0.1, 0.15) is 6.61 Å². The second-order valence-corrected chi connectivity index (χ2v) is 3.49. The molecule has 0 radical (unpaired) electrons. The van der Waals surface area contributed by atoms with Crippen molar-refractivity contribution in [3.8, 4) is 11.5 Å². The van der Waals surface area contributed by atoms with Crippen LogP contribution in [0.2, 0.25) is 0 Å². The Balaban J connectivity index is 2.71. The van der Waals surface area contributed by atoms with Crippen molar-refractivity contribution >= 4 is 12.2 Å². The number of hydrogen-bond donors (Lipinski definition) is 2. The van der Waals surface area contributed by atoms with E-state index in [1.165, 1.54) is 6.21 Å². The van der Waals surface area contributed by atoms with Crippen molar-refractivity contribution in [1.82, 2.24) is 5.43 Å². The average molecular weight is 267 g/mol. The highest BCUT2D eigenvalue weighted by Gasteiger charge is 2.04. The van der Waals surface area contributed by atoms with Crippen molar-refractivity contribution in [2.75, 3.05) is 27.4 Å². The minimum Gasteiger partial charge on any atom is -0.493 e. The van der Waals surface area contributed by atoms with Crippen LogP contribution < -0.4 is 20.6 Å². The third-order valence-electron chi connectivity index (χ3n) is 2.12. The van der Waals surface area contributed by atoms with E-state index in [-0.39, 0.29) is 0 Å². The van der Waals surface area contributed by atoms with E-state index < -0.39 is 6.03 Å². The number of carbonyl (C=O) groups excluding carboxylic acids is 1. The van der Waals surface area contributed by atoms with Crippen molar-refractivity contribution in [2.45, 2.75) is 0 Å². The van der Waals surface area contributed by atoms with Crippen LogP contribution >= 0.6 is 0 Å². The normalized spacial score (nSPS) is 10.4. The van der Waals surface area contributed by atoms with Crippen molar-refractivity contribution in [3.63, 3.8) is 0 Å². The molecule has 7 nitrogen and oxygen atoms in total. The zero-order valence-corrected chi connectivity index (χ0v) is 10.9. The fourth-order valence-corrected chi connectivity index (χ4v) is 1.29. The molecule has 2 amide bonds. The second-order valence-electron chi connectivity index (χ2n) is 3.49. The Hall–Kier alpha value is -2.28. The van der Waals surface area contributed by atoms with Crippen molar-refractivity contribution < 1.29 is 19.0 Å². The van der Waals surface area contributed by atoms with Crippen LogP contribution in [0.25, 0.3) is 0 Å².